The Morgan fingerprint density at radius 2 is 0.733 bits per heavy atom. The molecule has 0 aliphatic heterocycles. The van der Waals surface area contributed by atoms with E-state index in [-0.39, 0.29) is 79.1 Å². The summed E-state index contributed by atoms with van der Waals surface area (Å²) in [6, 6.07) is 18.4. The van der Waals surface area contributed by atoms with Crippen molar-refractivity contribution in [3.8, 4) is 56.8 Å². The number of hydrogen-bond acceptors (Lipinski definition) is 12. The largest absolute Gasteiger partial charge is 0.423 e. The van der Waals surface area contributed by atoms with Gasteiger partial charge in [-0.05, 0) is 112 Å². The standard InChI is InChI=1S/C47H39FO12/c1-25(2)42(49)55-35-14-11-31(12-15-35)33-18-36(56-43(50)26(3)4)23-38(19-33)58-46(53)29(9)17-30(10)47(54)59-39-21-34(20-37(24-39)57-44(51)27(5)6)32-13-16-41(40(48)22-32)60-45(52)28(7)8/h11-16,18-24H,1,3,5,7H2,2,4,6,8-10H3. The van der Waals surface area contributed by atoms with Crippen LogP contribution in [0, 0.1) is 5.82 Å². The minimum absolute atomic E-state index is 0.0263. The number of carbonyl (C=O) groups is 6. The lowest BCUT2D eigenvalue weighted by atomic mass is 10.0. The SMILES string of the molecule is C=C(C)C(=O)Oc1ccc(-c2cc(OC(=O)C(=C)C)cc(OC(=O)C(C)=C=C(C)C(=O)Oc3cc(OC(=O)C(=C)C)cc(-c4ccc(OC(=O)C(=C)C)c(F)c4)c3)c2)cc1. The van der Waals surface area contributed by atoms with Crippen molar-refractivity contribution in [2.75, 3.05) is 0 Å². The van der Waals surface area contributed by atoms with Crippen molar-refractivity contribution in [2.24, 2.45) is 0 Å². The molecule has 0 saturated heterocycles. The van der Waals surface area contributed by atoms with Crippen LogP contribution in [0.3, 0.4) is 0 Å². The van der Waals surface area contributed by atoms with Crippen LogP contribution in [0.4, 0.5) is 4.39 Å². The Hall–Kier alpha value is -7.89. The first-order chi connectivity index (χ1) is 28.2. The molecule has 4 rings (SSSR count). The van der Waals surface area contributed by atoms with Gasteiger partial charge in [0.2, 0.25) is 0 Å². The van der Waals surface area contributed by atoms with E-state index in [1.165, 1.54) is 90.1 Å². The molecule has 0 bridgehead atoms. The summed E-state index contributed by atoms with van der Waals surface area (Å²) in [5.74, 6) is -5.99. The van der Waals surface area contributed by atoms with Crippen molar-refractivity contribution in [3.63, 3.8) is 0 Å². The second-order valence-corrected chi connectivity index (χ2v) is 13.4. The Kier molecular flexibility index (Phi) is 14.6. The molecule has 0 atom stereocenters. The maximum atomic E-state index is 15.0. The van der Waals surface area contributed by atoms with Crippen LogP contribution in [0.5, 0.6) is 34.5 Å². The van der Waals surface area contributed by atoms with Crippen molar-refractivity contribution in [3.05, 3.63) is 150 Å². The molecule has 0 amide bonds. The highest BCUT2D eigenvalue weighted by atomic mass is 19.1. The van der Waals surface area contributed by atoms with E-state index in [2.05, 4.69) is 32.0 Å². The molecule has 13 heteroatoms. The summed E-state index contributed by atoms with van der Waals surface area (Å²) < 4.78 is 47.2. The van der Waals surface area contributed by atoms with E-state index in [0.717, 1.165) is 6.07 Å². The summed E-state index contributed by atoms with van der Waals surface area (Å²) in [5, 5.41) is 0. The fraction of sp³-hybridized carbons (Fsp3) is 0.128. The molecule has 0 N–H and O–H groups in total. The fourth-order valence-corrected chi connectivity index (χ4v) is 4.71. The molecule has 0 aromatic heterocycles. The predicted molar refractivity (Wildman–Crippen MR) is 219 cm³/mol. The molecule has 0 heterocycles. The zero-order valence-corrected chi connectivity index (χ0v) is 33.6. The Balaban J connectivity index is 1.62. The van der Waals surface area contributed by atoms with Crippen LogP contribution in [0.15, 0.2) is 144 Å². The molecule has 0 fully saturated rings. The van der Waals surface area contributed by atoms with Crippen LogP contribution >= 0.6 is 0 Å². The van der Waals surface area contributed by atoms with Gasteiger partial charge in [-0.15, -0.1) is 0 Å². The molecule has 306 valence electrons. The molecular weight excluding hydrogens is 776 g/mol. The Labute approximate surface area is 345 Å². The molecular formula is C47H39FO12. The summed E-state index contributed by atoms with van der Waals surface area (Å²) in [6.45, 7) is 22.7. The highest BCUT2D eigenvalue weighted by molar-refractivity contribution is 5.95. The summed E-state index contributed by atoms with van der Waals surface area (Å²) in [5.41, 5.74) is 4.34. The number of esters is 6. The van der Waals surface area contributed by atoms with E-state index in [0.29, 0.717) is 11.1 Å². The molecule has 0 spiro atoms. The third-order valence-electron chi connectivity index (χ3n) is 7.85. The highest BCUT2D eigenvalue weighted by Crippen LogP contribution is 2.34. The topological polar surface area (TPSA) is 158 Å². The van der Waals surface area contributed by atoms with Gasteiger partial charge in [0.15, 0.2) is 11.6 Å². The average Bonchev–Trinajstić information content (AvgIpc) is 3.18. The van der Waals surface area contributed by atoms with Crippen LogP contribution in [0.25, 0.3) is 22.3 Å². The first kappa shape index (κ1) is 44.8. The third-order valence-corrected chi connectivity index (χ3v) is 7.85. The molecule has 12 nitrogen and oxygen atoms in total. The van der Waals surface area contributed by atoms with Gasteiger partial charge in [-0.3, -0.25) is 0 Å². The number of halogens is 1. The lowest BCUT2D eigenvalue weighted by Crippen LogP contribution is -2.12. The minimum Gasteiger partial charge on any atom is -0.423 e. The number of carbonyl (C=O) groups excluding carboxylic acids is 6. The summed E-state index contributed by atoms with van der Waals surface area (Å²) >= 11 is 0. The van der Waals surface area contributed by atoms with Crippen LogP contribution in [0.2, 0.25) is 0 Å². The van der Waals surface area contributed by atoms with Crippen molar-refractivity contribution >= 4 is 35.8 Å². The Morgan fingerprint density at radius 1 is 0.400 bits per heavy atom. The van der Waals surface area contributed by atoms with Gasteiger partial charge < -0.3 is 28.4 Å². The summed E-state index contributed by atoms with van der Waals surface area (Å²) in [6.07, 6.45) is 0. The van der Waals surface area contributed by atoms with Gasteiger partial charge in [0, 0.05) is 34.4 Å². The van der Waals surface area contributed by atoms with Gasteiger partial charge in [0.1, 0.15) is 28.7 Å². The Morgan fingerprint density at radius 3 is 1.12 bits per heavy atom. The number of ether oxygens (including phenoxy) is 6. The van der Waals surface area contributed by atoms with Gasteiger partial charge in [-0.25, -0.2) is 33.2 Å². The maximum absolute atomic E-state index is 15.0. The zero-order chi connectivity index (χ0) is 44.4. The fourth-order valence-electron chi connectivity index (χ4n) is 4.71. The zero-order valence-electron chi connectivity index (χ0n) is 33.6. The summed E-state index contributed by atoms with van der Waals surface area (Å²) in [4.78, 5) is 75.2. The van der Waals surface area contributed by atoms with Crippen molar-refractivity contribution < 1.29 is 61.6 Å². The van der Waals surface area contributed by atoms with Crippen LogP contribution in [-0.4, -0.2) is 35.8 Å². The lowest BCUT2D eigenvalue weighted by Gasteiger charge is -2.12. The van der Waals surface area contributed by atoms with Gasteiger partial charge in [0.25, 0.3) is 0 Å². The molecule has 60 heavy (non-hydrogen) atoms. The van der Waals surface area contributed by atoms with E-state index in [9.17, 15) is 28.8 Å². The Bertz CT molecular complexity index is 2570. The number of hydrogen-bond donors (Lipinski definition) is 0. The molecule has 0 unspecified atom stereocenters. The second-order valence-electron chi connectivity index (χ2n) is 13.4. The summed E-state index contributed by atoms with van der Waals surface area (Å²) in [7, 11) is 0. The molecule has 0 aliphatic carbocycles. The van der Waals surface area contributed by atoms with E-state index in [4.69, 9.17) is 28.4 Å². The van der Waals surface area contributed by atoms with Crippen LogP contribution in [-0.2, 0) is 28.8 Å². The van der Waals surface area contributed by atoms with Gasteiger partial charge in [-0.1, -0.05) is 50.2 Å². The lowest BCUT2D eigenvalue weighted by molar-refractivity contribution is -0.131. The van der Waals surface area contributed by atoms with Crippen LogP contribution in [0.1, 0.15) is 41.5 Å². The normalized spacial score (nSPS) is 10.2. The number of benzene rings is 4. The maximum Gasteiger partial charge on any atom is 0.346 e. The quantitative estimate of drug-likeness (QED) is 0.0515. The van der Waals surface area contributed by atoms with Crippen LogP contribution < -0.4 is 28.4 Å². The first-order valence-corrected chi connectivity index (χ1v) is 17.8. The molecule has 0 aliphatic rings. The average molecular weight is 815 g/mol. The van der Waals surface area contributed by atoms with E-state index >= 15 is 4.39 Å². The van der Waals surface area contributed by atoms with Gasteiger partial charge in [0.05, 0.1) is 11.1 Å². The molecule has 0 saturated carbocycles. The third kappa shape index (κ3) is 12.3. The van der Waals surface area contributed by atoms with Gasteiger partial charge >= 0.3 is 35.8 Å². The van der Waals surface area contributed by atoms with E-state index < -0.39 is 41.6 Å². The first-order valence-electron chi connectivity index (χ1n) is 17.8. The van der Waals surface area contributed by atoms with Crippen molar-refractivity contribution in [1.82, 2.24) is 0 Å². The van der Waals surface area contributed by atoms with E-state index in [1.807, 2.05) is 0 Å². The van der Waals surface area contributed by atoms with Crippen molar-refractivity contribution in [1.29, 1.82) is 0 Å². The number of rotatable bonds is 14. The predicted octanol–water partition coefficient (Wildman–Crippen LogP) is 9.09. The van der Waals surface area contributed by atoms with Gasteiger partial charge in [-0.2, -0.15) is 0 Å². The minimum atomic E-state index is -0.960. The highest BCUT2D eigenvalue weighted by Gasteiger charge is 2.18. The van der Waals surface area contributed by atoms with Crippen molar-refractivity contribution in [2.45, 2.75) is 41.5 Å². The second kappa shape index (κ2) is 19.5. The molecule has 4 aromatic rings. The van der Waals surface area contributed by atoms with E-state index in [1.54, 1.807) is 24.3 Å². The molecule has 4 aromatic carbocycles. The smallest absolute Gasteiger partial charge is 0.346 e. The monoisotopic (exact) mass is 814 g/mol. The molecule has 0 radical (unpaired) electrons.